The Morgan fingerprint density at radius 3 is 1.43 bits per heavy atom. The van der Waals surface area contributed by atoms with E-state index in [1.54, 1.807) is 47.4 Å². The summed E-state index contributed by atoms with van der Waals surface area (Å²) in [6, 6.07) is 34.6. The lowest BCUT2D eigenvalue weighted by atomic mass is 10.0. The topological polar surface area (TPSA) is 144 Å². The Balaban J connectivity index is -0.00000109. The summed E-state index contributed by atoms with van der Waals surface area (Å²) in [5, 5.41) is 0. The molecule has 3 aromatic heterocycles. The third kappa shape index (κ3) is 61.0. The quantitative estimate of drug-likeness (QED) is 0.0452. The molecule has 0 unspecified atom stereocenters. The predicted molar refractivity (Wildman–Crippen MR) is 437 cm³/mol. The van der Waals surface area contributed by atoms with Crippen LogP contribution in [0.25, 0.3) is 0 Å². The molecular weight excluding hydrogens is 1280 g/mol. The number of methoxy groups -OCH3 is 5. The van der Waals surface area contributed by atoms with Gasteiger partial charge >= 0.3 is 5.97 Å². The van der Waals surface area contributed by atoms with E-state index in [-0.39, 0.29) is 11.9 Å². The SMILES string of the molecule is CC(C)CCC(=O)N(C)C.CC(C)CCN(C)C.CC(C)Cc1cccc2c1OCO2.CC(C)Cc1ccccn1.CC(C)Cc1cccnc1.CC(C)Cc1ccncc1.COC(=O)CCC(C)C.COCCC(C)C.COc1cccc(CC(C)C)c1.COc1cccc(CC(C)C)c1OC. The molecule has 0 fully saturated rings. The second kappa shape index (κ2) is 63.4. The molecule has 6 aromatic rings. The lowest BCUT2D eigenvalue weighted by Gasteiger charge is -2.13. The number of fused-ring (bicyclic) bond motifs is 1. The summed E-state index contributed by atoms with van der Waals surface area (Å²) in [6.07, 6.45) is 21.5. The van der Waals surface area contributed by atoms with Gasteiger partial charge in [0.15, 0.2) is 23.0 Å². The molecule has 0 bridgehead atoms. The van der Waals surface area contributed by atoms with Gasteiger partial charge in [-0.1, -0.05) is 187 Å². The van der Waals surface area contributed by atoms with Gasteiger partial charge in [-0.05, 0) is 226 Å². The Kier molecular flexibility index (Phi) is 61.7. The lowest BCUT2D eigenvalue weighted by Crippen LogP contribution is -2.21. The second-order valence-corrected chi connectivity index (χ2v) is 30.7. The van der Waals surface area contributed by atoms with Crippen LogP contribution in [0.5, 0.6) is 28.7 Å². The number of esters is 1. The highest BCUT2D eigenvalue weighted by molar-refractivity contribution is 5.75. The van der Waals surface area contributed by atoms with Crippen LogP contribution in [0.1, 0.15) is 211 Å². The number of benzene rings is 3. The number of carbonyl (C=O) groups is 2. The van der Waals surface area contributed by atoms with Gasteiger partial charge < -0.3 is 43.0 Å². The first-order valence-electron chi connectivity index (χ1n) is 37.9. The summed E-state index contributed by atoms with van der Waals surface area (Å²) in [7, 11) is 16.0. The van der Waals surface area contributed by atoms with Crippen molar-refractivity contribution >= 4 is 11.9 Å². The van der Waals surface area contributed by atoms with Crippen LogP contribution in [0.3, 0.4) is 0 Å². The number of hydrogen-bond donors (Lipinski definition) is 0. The van der Waals surface area contributed by atoms with Gasteiger partial charge in [-0.25, -0.2) is 0 Å². The van der Waals surface area contributed by atoms with Crippen LogP contribution in [-0.4, -0.2) is 120 Å². The summed E-state index contributed by atoms with van der Waals surface area (Å²) in [6.45, 7) is 46.3. The van der Waals surface area contributed by atoms with Crippen molar-refractivity contribution in [3.8, 4) is 28.7 Å². The summed E-state index contributed by atoms with van der Waals surface area (Å²) in [4.78, 5) is 37.5. The molecule has 7 rings (SSSR count). The minimum atomic E-state index is -0.108. The first-order chi connectivity index (χ1) is 48.6. The number of amides is 1. The first-order valence-corrected chi connectivity index (χ1v) is 37.9. The Morgan fingerprint density at radius 2 is 0.971 bits per heavy atom. The smallest absolute Gasteiger partial charge is 0.305 e. The van der Waals surface area contributed by atoms with Crippen molar-refractivity contribution in [2.24, 2.45) is 59.2 Å². The molecule has 14 heteroatoms. The van der Waals surface area contributed by atoms with E-state index in [9.17, 15) is 9.59 Å². The molecular formula is C89H149N5O9. The fraction of sp³-hybridized carbons (Fsp3) is 0.607. The Labute approximate surface area is 630 Å². The third-order valence-corrected chi connectivity index (χ3v) is 14.7. The van der Waals surface area contributed by atoms with Crippen molar-refractivity contribution in [1.82, 2.24) is 24.8 Å². The predicted octanol–water partition coefficient (Wildman–Crippen LogP) is 21.6. The summed E-state index contributed by atoms with van der Waals surface area (Å²) >= 11 is 0. The van der Waals surface area contributed by atoms with Gasteiger partial charge in [-0.15, -0.1) is 0 Å². The van der Waals surface area contributed by atoms with E-state index in [0.29, 0.717) is 55.1 Å². The number of aromatic nitrogens is 3. The van der Waals surface area contributed by atoms with Gasteiger partial charge in [0.1, 0.15) is 5.75 Å². The highest BCUT2D eigenvalue weighted by Gasteiger charge is 2.17. The van der Waals surface area contributed by atoms with Gasteiger partial charge in [0.2, 0.25) is 12.7 Å². The highest BCUT2D eigenvalue weighted by Crippen LogP contribution is 2.36. The van der Waals surface area contributed by atoms with E-state index in [2.05, 4.69) is 226 Å². The van der Waals surface area contributed by atoms with Crippen molar-refractivity contribution in [3.63, 3.8) is 0 Å². The summed E-state index contributed by atoms with van der Waals surface area (Å²) < 4.78 is 35.7. The molecule has 0 saturated heterocycles. The second-order valence-electron chi connectivity index (χ2n) is 30.7. The molecule has 1 aliphatic heterocycles. The van der Waals surface area contributed by atoms with E-state index in [0.717, 1.165) is 110 Å². The standard InChI is InChI=1S/C12H18O2.C11H14O2.C11H16O.3C9H13N.C8H17NO.C7H17N.C7H14O2.C6H14O/c1-9(2)8-10-6-5-7-11(13-3)12(10)14-4;1-8(2)6-9-4-3-5-10-11(9)13-7-12-10;1-9(2)7-10-5-4-6-11(8-10)12-3;1-8(2)7-9-3-5-10-6-4-9;1-8(2)6-9-4-3-5-10-7-9;1-8(2)7-9-5-3-4-6-10-9;1-7(2)5-6-8(10)9(3)4;1-7(2)5-6-8(3)4;1-6(2)4-5-7(8)9-3;1-6(2)4-5-7-3/h5-7,9H,8H2,1-4H3;3-5,8H,6-7H2,1-2H3;4-6,8-9H,7H2,1-3H3;3-6,8H,7H2,1-2H3;3-5,7-8H,6H2,1-2H3;3-6,8H,7H2,1-2H3;7H,5-6H2,1-4H3;7H,5-6H2,1-4H3;6H,4-5H2,1-3H3;6H,4-5H2,1-3H3. The van der Waals surface area contributed by atoms with Crippen molar-refractivity contribution in [3.05, 3.63) is 168 Å². The van der Waals surface area contributed by atoms with Crippen molar-refractivity contribution < 1.29 is 42.7 Å². The van der Waals surface area contributed by atoms with Crippen LogP contribution in [0, 0.1) is 59.2 Å². The number of hydrogen-bond acceptors (Lipinski definition) is 13. The molecule has 0 saturated carbocycles. The molecule has 584 valence electrons. The Hall–Kier alpha value is -7.03. The molecule has 0 aliphatic carbocycles. The normalized spacial score (nSPS) is 10.8. The summed E-state index contributed by atoms with van der Waals surface area (Å²) in [5.74, 6) is 11.6. The van der Waals surface area contributed by atoms with Gasteiger partial charge in [-0.3, -0.25) is 24.5 Å². The third-order valence-electron chi connectivity index (χ3n) is 14.7. The van der Waals surface area contributed by atoms with Crippen LogP contribution in [-0.2, 0) is 57.6 Å². The number of para-hydroxylation sites is 2. The molecule has 0 spiro atoms. The molecule has 1 amide bonds. The Bertz CT molecular complexity index is 2800. The van der Waals surface area contributed by atoms with E-state index in [4.69, 9.17) is 28.4 Å². The molecule has 1 aliphatic rings. The van der Waals surface area contributed by atoms with Crippen LogP contribution >= 0.6 is 0 Å². The fourth-order valence-corrected chi connectivity index (χ4v) is 9.35. The van der Waals surface area contributed by atoms with Crippen molar-refractivity contribution in [2.45, 2.75) is 216 Å². The molecule has 0 N–H and O–H groups in total. The van der Waals surface area contributed by atoms with Crippen LogP contribution in [0.4, 0.5) is 0 Å². The number of nitrogens with zero attached hydrogens (tertiary/aromatic N) is 5. The maximum Gasteiger partial charge on any atom is 0.305 e. The average Bonchev–Trinajstić information content (AvgIpc) is 1.73. The van der Waals surface area contributed by atoms with Crippen molar-refractivity contribution in [2.75, 3.05) is 83.7 Å². The van der Waals surface area contributed by atoms with Crippen LogP contribution < -0.4 is 23.7 Å². The Morgan fingerprint density at radius 1 is 0.447 bits per heavy atom. The zero-order valence-corrected chi connectivity index (χ0v) is 70.5. The summed E-state index contributed by atoms with van der Waals surface area (Å²) in [5.41, 5.74) is 7.72. The van der Waals surface area contributed by atoms with Crippen LogP contribution in [0.15, 0.2) is 134 Å². The molecule has 4 heterocycles. The molecule has 14 nitrogen and oxygen atoms in total. The van der Waals surface area contributed by atoms with E-state index < -0.39 is 0 Å². The van der Waals surface area contributed by atoms with Gasteiger partial charge in [0.05, 0.1) is 28.4 Å². The highest BCUT2D eigenvalue weighted by atomic mass is 16.7. The van der Waals surface area contributed by atoms with E-state index >= 15 is 0 Å². The molecule has 3 aromatic carbocycles. The van der Waals surface area contributed by atoms with Crippen molar-refractivity contribution in [1.29, 1.82) is 0 Å². The zero-order valence-electron chi connectivity index (χ0n) is 70.5. The number of rotatable bonds is 27. The monoisotopic (exact) mass is 1430 g/mol. The molecule has 0 atom stereocenters. The minimum absolute atomic E-state index is 0.108. The fourth-order valence-electron chi connectivity index (χ4n) is 9.35. The van der Waals surface area contributed by atoms with E-state index in [1.807, 2.05) is 85.6 Å². The maximum atomic E-state index is 11.0. The molecule has 0 radical (unpaired) electrons. The first kappa shape index (κ1) is 100. The van der Waals surface area contributed by atoms with Gasteiger partial charge in [-0.2, -0.15) is 0 Å². The zero-order chi connectivity index (χ0) is 78.7. The van der Waals surface area contributed by atoms with Gasteiger partial charge in [0, 0.05) is 77.3 Å². The number of ether oxygens (including phenoxy) is 7. The number of carbonyl (C=O) groups excluding carboxylic acids is 2. The maximum absolute atomic E-state index is 11.0. The van der Waals surface area contributed by atoms with Gasteiger partial charge in [0.25, 0.3) is 0 Å². The molecule has 103 heavy (non-hydrogen) atoms. The lowest BCUT2D eigenvalue weighted by molar-refractivity contribution is -0.140. The van der Waals surface area contributed by atoms with Crippen LogP contribution in [0.2, 0.25) is 0 Å². The number of pyridine rings is 3. The minimum Gasteiger partial charge on any atom is -0.497 e. The van der Waals surface area contributed by atoms with E-state index in [1.165, 1.54) is 60.0 Å². The average molecular weight is 1430 g/mol. The largest absolute Gasteiger partial charge is 0.497 e.